The summed E-state index contributed by atoms with van der Waals surface area (Å²) in [6.45, 7) is 0. The van der Waals surface area contributed by atoms with Crippen LogP contribution in [0.5, 0.6) is 0 Å². The topological polar surface area (TPSA) is 114 Å². The summed E-state index contributed by atoms with van der Waals surface area (Å²) >= 11 is 0. The second kappa shape index (κ2) is 5.74. The fourth-order valence-corrected chi connectivity index (χ4v) is 3.03. The van der Waals surface area contributed by atoms with Gasteiger partial charge in [0.1, 0.15) is 11.4 Å². The molecule has 0 radical (unpaired) electrons. The molecule has 0 bridgehead atoms. The number of rotatable bonds is 4. The van der Waals surface area contributed by atoms with Crippen LogP contribution in [0.3, 0.4) is 0 Å². The SMILES string of the molecule is CN(C)S(=O)(=O)c1ccccc1-c1cnc(N)c(C(=O)O)c1. The molecule has 8 heteroatoms. The van der Waals surface area contributed by atoms with E-state index < -0.39 is 16.0 Å². The van der Waals surface area contributed by atoms with Crippen molar-refractivity contribution in [1.82, 2.24) is 9.29 Å². The highest BCUT2D eigenvalue weighted by molar-refractivity contribution is 7.89. The number of carboxylic acid groups (broad SMARTS) is 1. The number of hydrogen-bond acceptors (Lipinski definition) is 5. The summed E-state index contributed by atoms with van der Waals surface area (Å²) in [7, 11) is -0.819. The Bertz CT molecular complexity index is 832. The number of carboxylic acids is 1. The van der Waals surface area contributed by atoms with Gasteiger partial charge in [0.15, 0.2) is 0 Å². The van der Waals surface area contributed by atoms with Gasteiger partial charge in [-0.1, -0.05) is 18.2 Å². The maximum absolute atomic E-state index is 12.4. The minimum atomic E-state index is -3.67. The smallest absolute Gasteiger partial charge is 0.339 e. The molecule has 0 saturated carbocycles. The number of benzene rings is 1. The van der Waals surface area contributed by atoms with Crippen LogP contribution >= 0.6 is 0 Å². The molecule has 116 valence electrons. The van der Waals surface area contributed by atoms with Crippen molar-refractivity contribution in [1.29, 1.82) is 0 Å². The van der Waals surface area contributed by atoms with Gasteiger partial charge in [-0.25, -0.2) is 22.5 Å². The Hall–Kier alpha value is -2.45. The number of aromatic carboxylic acids is 1. The molecule has 0 atom stereocenters. The molecule has 2 aromatic rings. The minimum Gasteiger partial charge on any atom is -0.478 e. The van der Waals surface area contributed by atoms with E-state index >= 15 is 0 Å². The van der Waals surface area contributed by atoms with Crippen molar-refractivity contribution in [2.24, 2.45) is 0 Å². The summed E-state index contributed by atoms with van der Waals surface area (Å²) in [5.74, 6) is -1.34. The zero-order valence-corrected chi connectivity index (χ0v) is 12.8. The normalized spacial score (nSPS) is 11.6. The second-order valence-electron chi connectivity index (χ2n) is 4.75. The van der Waals surface area contributed by atoms with Crippen molar-refractivity contribution in [3.63, 3.8) is 0 Å². The lowest BCUT2D eigenvalue weighted by molar-refractivity contribution is 0.0697. The van der Waals surface area contributed by atoms with E-state index in [0.29, 0.717) is 11.1 Å². The van der Waals surface area contributed by atoms with Gasteiger partial charge in [0.25, 0.3) is 0 Å². The third-order valence-corrected chi connectivity index (χ3v) is 4.98. The largest absolute Gasteiger partial charge is 0.478 e. The van der Waals surface area contributed by atoms with E-state index in [2.05, 4.69) is 4.98 Å². The van der Waals surface area contributed by atoms with Gasteiger partial charge in [0, 0.05) is 31.4 Å². The molecule has 0 unspecified atom stereocenters. The first-order valence-corrected chi connectivity index (χ1v) is 7.70. The lowest BCUT2D eigenvalue weighted by Crippen LogP contribution is -2.22. The molecular weight excluding hydrogens is 306 g/mol. The number of anilines is 1. The number of nitrogen functional groups attached to an aromatic ring is 1. The van der Waals surface area contributed by atoms with Crippen LogP contribution in [0.1, 0.15) is 10.4 Å². The number of nitrogens with two attached hydrogens (primary N) is 1. The van der Waals surface area contributed by atoms with Gasteiger partial charge in [-0.15, -0.1) is 0 Å². The number of pyridine rings is 1. The molecule has 1 aromatic heterocycles. The monoisotopic (exact) mass is 321 g/mol. The molecule has 1 aromatic carbocycles. The van der Waals surface area contributed by atoms with Crippen molar-refractivity contribution in [3.05, 3.63) is 42.1 Å². The average molecular weight is 321 g/mol. The number of aromatic nitrogens is 1. The van der Waals surface area contributed by atoms with Crippen LogP contribution in [0.25, 0.3) is 11.1 Å². The predicted molar refractivity (Wildman–Crippen MR) is 81.9 cm³/mol. The van der Waals surface area contributed by atoms with Crippen molar-refractivity contribution < 1.29 is 18.3 Å². The van der Waals surface area contributed by atoms with Crippen LogP contribution in [-0.2, 0) is 10.0 Å². The maximum Gasteiger partial charge on any atom is 0.339 e. The maximum atomic E-state index is 12.4. The van der Waals surface area contributed by atoms with E-state index in [1.54, 1.807) is 18.2 Å². The van der Waals surface area contributed by atoms with Gasteiger partial charge in [-0.2, -0.15) is 0 Å². The highest BCUT2D eigenvalue weighted by Gasteiger charge is 2.22. The molecular formula is C14H15N3O4S. The summed E-state index contributed by atoms with van der Waals surface area (Å²) in [5, 5.41) is 9.11. The number of carbonyl (C=O) groups is 1. The molecule has 3 N–H and O–H groups in total. The highest BCUT2D eigenvalue weighted by Crippen LogP contribution is 2.29. The van der Waals surface area contributed by atoms with Crippen LogP contribution in [-0.4, -0.2) is 42.9 Å². The van der Waals surface area contributed by atoms with E-state index in [9.17, 15) is 13.2 Å². The van der Waals surface area contributed by atoms with Gasteiger partial charge in [-0.3, -0.25) is 0 Å². The molecule has 0 aliphatic carbocycles. The molecule has 7 nitrogen and oxygen atoms in total. The number of hydrogen-bond donors (Lipinski definition) is 2. The van der Waals surface area contributed by atoms with E-state index in [4.69, 9.17) is 10.8 Å². The Kier molecular flexibility index (Phi) is 4.16. The zero-order valence-electron chi connectivity index (χ0n) is 12.0. The predicted octanol–water partition coefficient (Wildman–Crippen LogP) is 1.28. The van der Waals surface area contributed by atoms with Crippen molar-refractivity contribution in [3.8, 4) is 11.1 Å². The third kappa shape index (κ3) is 2.78. The Balaban J connectivity index is 2.70. The Morgan fingerprint density at radius 1 is 1.27 bits per heavy atom. The molecule has 0 fully saturated rings. The van der Waals surface area contributed by atoms with Crippen LogP contribution in [0.2, 0.25) is 0 Å². The first-order chi connectivity index (χ1) is 10.2. The lowest BCUT2D eigenvalue weighted by Gasteiger charge is -2.15. The Morgan fingerprint density at radius 3 is 2.50 bits per heavy atom. The van der Waals surface area contributed by atoms with Gasteiger partial charge < -0.3 is 10.8 Å². The Labute approximate surface area is 128 Å². The summed E-state index contributed by atoms with van der Waals surface area (Å²) in [6.07, 6.45) is 1.35. The molecule has 1 heterocycles. The van der Waals surface area contributed by atoms with E-state index in [-0.39, 0.29) is 16.3 Å². The minimum absolute atomic E-state index is 0.0721. The van der Waals surface area contributed by atoms with Gasteiger partial charge >= 0.3 is 5.97 Å². The second-order valence-corrected chi connectivity index (χ2v) is 6.87. The summed E-state index contributed by atoms with van der Waals surface area (Å²) in [6, 6.07) is 7.63. The molecule has 0 saturated heterocycles. The number of sulfonamides is 1. The third-order valence-electron chi connectivity index (χ3n) is 3.11. The van der Waals surface area contributed by atoms with Crippen molar-refractivity contribution in [2.75, 3.05) is 19.8 Å². The Morgan fingerprint density at radius 2 is 1.91 bits per heavy atom. The fraction of sp³-hybridized carbons (Fsp3) is 0.143. The molecule has 0 aliphatic rings. The van der Waals surface area contributed by atoms with Gasteiger partial charge in [0.05, 0.1) is 4.90 Å². The summed E-state index contributed by atoms with van der Waals surface area (Å²) in [5.41, 5.74) is 6.09. The molecule has 0 spiro atoms. The van der Waals surface area contributed by atoms with E-state index in [1.807, 2.05) is 0 Å². The lowest BCUT2D eigenvalue weighted by atomic mass is 10.1. The first kappa shape index (κ1) is 15.9. The van der Waals surface area contributed by atoms with Crippen molar-refractivity contribution >= 4 is 21.8 Å². The standard InChI is InChI=1S/C14H15N3O4S/c1-17(2)22(20,21)12-6-4-3-5-10(12)9-7-11(14(18)19)13(15)16-8-9/h3-8H,1-2H3,(H2,15,16)(H,18,19). The fourth-order valence-electron chi connectivity index (χ4n) is 1.92. The van der Waals surface area contributed by atoms with Crippen molar-refractivity contribution in [2.45, 2.75) is 4.90 Å². The molecule has 22 heavy (non-hydrogen) atoms. The quantitative estimate of drug-likeness (QED) is 0.877. The molecule has 0 aliphatic heterocycles. The summed E-state index contributed by atoms with van der Waals surface area (Å²) < 4.78 is 25.8. The first-order valence-electron chi connectivity index (χ1n) is 6.26. The van der Waals surface area contributed by atoms with Crippen LogP contribution in [0, 0.1) is 0 Å². The van der Waals surface area contributed by atoms with E-state index in [1.165, 1.54) is 32.4 Å². The van der Waals surface area contributed by atoms with Crippen LogP contribution < -0.4 is 5.73 Å². The van der Waals surface area contributed by atoms with Gasteiger partial charge in [0.2, 0.25) is 10.0 Å². The zero-order chi connectivity index (χ0) is 16.5. The average Bonchev–Trinajstić information content (AvgIpc) is 2.47. The summed E-state index contributed by atoms with van der Waals surface area (Å²) in [4.78, 5) is 15.1. The van der Waals surface area contributed by atoms with Crippen LogP contribution in [0.4, 0.5) is 5.82 Å². The number of nitrogens with zero attached hydrogens (tertiary/aromatic N) is 2. The molecule has 0 amide bonds. The van der Waals surface area contributed by atoms with E-state index in [0.717, 1.165) is 4.31 Å². The van der Waals surface area contributed by atoms with Gasteiger partial charge in [-0.05, 0) is 12.1 Å². The molecule has 2 rings (SSSR count). The highest BCUT2D eigenvalue weighted by atomic mass is 32.2. The van der Waals surface area contributed by atoms with Crippen LogP contribution in [0.15, 0.2) is 41.4 Å².